The summed E-state index contributed by atoms with van der Waals surface area (Å²) in [5.74, 6) is -1.84. The van der Waals surface area contributed by atoms with Crippen LogP contribution in [0.15, 0.2) is 40.4 Å². The highest BCUT2D eigenvalue weighted by Crippen LogP contribution is 2.41. The molecule has 2 heterocycles. The molecule has 9 heteroatoms. The van der Waals surface area contributed by atoms with Gasteiger partial charge in [-0.1, -0.05) is 12.1 Å². The molecular formula is C15H14N2O5S2. The number of β-lactam (4-membered cyclic amide) rings is 1. The van der Waals surface area contributed by atoms with Crippen LogP contribution in [0.4, 0.5) is 0 Å². The van der Waals surface area contributed by atoms with Crippen LogP contribution in [-0.4, -0.2) is 55.9 Å². The van der Waals surface area contributed by atoms with Crippen LogP contribution in [0.25, 0.3) is 0 Å². The van der Waals surface area contributed by atoms with E-state index in [-0.39, 0.29) is 16.6 Å². The number of thioether (sulfide) groups is 2. The minimum absolute atomic E-state index is 0.0224. The maximum atomic E-state index is 11.9. The minimum Gasteiger partial charge on any atom is -0.478 e. The third-order valence-electron chi connectivity index (χ3n) is 3.81. The Hall–Kier alpha value is -1.97. The van der Waals surface area contributed by atoms with Gasteiger partial charge in [0.15, 0.2) is 0 Å². The van der Waals surface area contributed by atoms with Crippen LogP contribution >= 0.6 is 23.5 Å². The van der Waals surface area contributed by atoms with Gasteiger partial charge in [-0.3, -0.25) is 9.69 Å². The number of benzene rings is 1. The molecule has 0 radical (unpaired) electrons. The van der Waals surface area contributed by atoms with Gasteiger partial charge < -0.3 is 15.9 Å². The number of fused-ring (bicyclic) bond motifs is 1. The highest BCUT2D eigenvalue weighted by atomic mass is 32.2. The molecule has 0 aromatic heterocycles. The second kappa shape index (κ2) is 6.50. The summed E-state index contributed by atoms with van der Waals surface area (Å²) in [5, 5.41) is 18.3. The summed E-state index contributed by atoms with van der Waals surface area (Å²) in [6.45, 7) is 0. The van der Waals surface area contributed by atoms with E-state index < -0.39 is 23.9 Å². The predicted molar refractivity (Wildman–Crippen MR) is 89.9 cm³/mol. The average Bonchev–Trinajstić information content (AvgIpc) is 2.58. The smallest absolute Gasteiger partial charge is 0.352 e. The zero-order valence-corrected chi connectivity index (χ0v) is 14.0. The lowest BCUT2D eigenvalue weighted by atomic mass is 10.0. The summed E-state index contributed by atoms with van der Waals surface area (Å²) in [5.41, 5.74) is 6.44. The fourth-order valence-corrected chi connectivity index (χ4v) is 5.10. The first-order valence-corrected chi connectivity index (χ1v) is 9.06. The van der Waals surface area contributed by atoms with Gasteiger partial charge in [0.05, 0.1) is 5.56 Å². The van der Waals surface area contributed by atoms with Gasteiger partial charge in [0, 0.05) is 16.4 Å². The van der Waals surface area contributed by atoms with Crippen molar-refractivity contribution in [3.8, 4) is 0 Å². The number of carbonyl (C=O) groups excluding carboxylic acids is 1. The Morgan fingerprint density at radius 3 is 2.67 bits per heavy atom. The van der Waals surface area contributed by atoms with Gasteiger partial charge >= 0.3 is 11.9 Å². The van der Waals surface area contributed by atoms with E-state index in [1.54, 1.807) is 18.2 Å². The summed E-state index contributed by atoms with van der Waals surface area (Å²) in [6.07, 6.45) is 0. The predicted octanol–water partition coefficient (Wildman–Crippen LogP) is 1.06. The van der Waals surface area contributed by atoms with Crippen molar-refractivity contribution >= 4 is 41.4 Å². The van der Waals surface area contributed by atoms with Crippen molar-refractivity contribution in [3.05, 3.63) is 41.1 Å². The van der Waals surface area contributed by atoms with E-state index in [4.69, 9.17) is 5.73 Å². The number of nitrogens with zero attached hydrogens (tertiary/aromatic N) is 1. The lowest BCUT2D eigenvalue weighted by Crippen LogP contribution is -2.68. The zero-order valence-electron chi connectivity index (χ0n) is 12.3. The maximum absolute atomic E-state index is 11.9. The first kappa shape index (κ1) is 16.9. The Morgan fingerprint density at radius 2 is 2.00 bits per heavy atom. The van der Waals surface area contributed by atoms with E-state index in [1.165, 1.54) is 34.5 Å². The van der Waals surface area contributed by atoms with Crippen molar-refractivity contribution in [1.29, 1.82) is 0 Å². The Labute approximate surface area is 145 Å². The van der Waals surface area contributed by atoms with Gasteiger partial charge in [0.2, 0.25) is 5.91 Å². The molecule has 0 bridgehead atoms. The van der Waals surface area contributed by atoms with E-state index in [9.17, 15) is 24.6 Å². The number of rotatable bonds is 5. The van der Waals surface area contributed by atoms with Crippen LogP contribution < -0.4 is 5.73 Å². The van der Waals surface area contributed by atoms with E-state index in [1.807, 2.05) is 0 Å². The largest absolute Gasteiger partial charge is 0.478 e. The normalized spacial score (nSPS) is 22.9. The van der Waals surface area contributed by atoms with Crippen molar-refractivity contribution in [2.45, 2.75) is 16.3 Å². The molecule has 0 saturated carbocycles. The van der Waals surface area contributed by atoms with Crippen LogP contribution in [0.2, 0.25) is 0 Å². The number of carboxylic acids is 2. The number of carboxylic acid groups (broad SMARTS) is 2. The molecule has 126 valence electrons. The van der Waals surface area contributed by atoms with Crippen molar-refractivity contribution in [2.75, 3.05) is 11.5 Å². The lowest BCUT2D eigenvalue weighted by Gasteiger charge is -2.48. The average molecular weight is 366 g/mol. The molecule has 1 unspecified atom stereocenters. The summed E-state index contributed by atoms with van der Waals surface area (Å²) >= 11 is 2.68. The molecule has 0 spiro atoms. The molecule has 4 N–H and O–H groups in total. The minimum atomic E-state index is -1.16. The molecule has 1 amide bonds. The van der Waals surface area contributed by atoms with Crippen LogP contribution in [0.5, 0.6) is 0 Å². The summed E-state index contributed by atoms with van der Waals surface area (Å²) in [6, 6.07) is 5.88. The molecule has 3 rings (SSSR count). The molecule has 1 saturated heterocycles. The van der Waals surface area contributed by atoms with E-state index in [0.29, 0.717) is 22.0 Å². The number of hydrogen-bond donors (Lipinski definition) is 3. The van der Waals surface area contributed by atoms with Crippen LogP contribution in [-0.2, 0) is 9.59 Å². The third-order valence-corrected chi connectivity index (χ3v) is 6.33. The van der Waals surface area contributed by atoms with Gasteiger partial charge in [-0.25, -0.2) is 9.59 Å². The van der Waals surface area contributed by atoms with Crippen LogP contribution in [0.3, 0.4) is 0 Å². The first-order chi connectivity index (χ1) is 11.4. The topological polar surface area (TPSA) is 121 Å². The molecule has 1 aromatic carbocycles. The Morgan fingerprint density at radius 1 is 1.29 bits per heavy atom. The fourth-order valence-electron chi connectivity index (χ4n) is 2.63. The SMILES string of the molecule is NC1C(=O)N2C(C(=O)O)=C(CSc3ccccc3C(=O)O)CS[C@@H]12. The summed E-state index contributed by atoms with van der Waals surface area (Å²) in [4.78, 5) is 36.5. The number of carbonyl (C=O) groups is 3. The molecule has 2 atom stereocenters. The van der Waals surface area contributed by atoms with Crippen molar-refractivity contribution in [1.82, 2.24) is 4.90 Å². The van der Waals surface area contributed by atoms with E-state index in [0.717, 1.165) is 0 Å². The molecule has 1 aromatic rings. The monoisotopic (exact) mass is 366 g/mol. The summed E-state index contributed by atoms with van der Waals surface area (Å²) in [7, 11) is 0. The fraction of sp³-hybridized carbons (Fsp3) is 0.267. The maximum Gasteiger partial charge on any atom is 0.352 e. The Balaban J connectivity index is 1.85. The first-order valence-electron chi connectivity index (χ1n) is 7.02. The Bertz CT molecular complexity index is 764. The van der Waals surface area contributed by atoms with Crippen LogP contribution in [0, 0.1) is 0 Å². The van der Waals surface area contributed by atoms with Gasteiger partial charge in [-0.2, -0.15) is 0 Å². The van der Waals surface area contributed by atoms with E-state index in [2.05, 4.69) is 0 Å². The molecule has 2 aliphatic rings. The highest BCUT2D eigenvalue weighted by molar-refractivity contribution is 8.01. The third kappa shape index (κ3) is 2.79. The van der Waals surface area contributed by atoms with Crippen molar-refractivity contribution in [2.24, 2.45) is 5.73 Å². The molecular weight excluding hydrogens is 352 g/mol. The van der Waals surface area contributed by atoms with Gasteiger partial charge in [-0.05, 0) is 17.7 Å². The van der Waals surface area contributed by atoms with Crippen LogP contribution in [0.1, 0.15) is 10.4 Å². The highest BCUT2D eigenvalue weighted by Gasteiger charge is 2.51. The standard InChI is InChI=1S/C15H14N2O5S2/c16-10-12(18)17-11(15(21)22)7(6-24-13(10)17)5-23-9-4-2-1-3-8(9)14(19)20/h1-4,10,13H,5-6,16H2,(H,19,20)(H,21,22)/t10?,13-/m0/s1. The quantitative estimate of drug-likeness (QED) is 0.522. The number of amides is 1. The number of aromatic carboxylic acids is 1. The number of nitrogens with two attached hydrogens (primary N) is 1. The Kier molecular flexibility index (Phi) is 4.57. The summed E-state index contributed by atoms with van der Waals surface area (Å²) < 4.78 is 0. The number of aliphatic carboxylic acids is 1. The molecule has 7 nitrogen and oxygen atoms in total. The molecule has 2 aliphatic heterocycles. The van der Waals surface area contributed by atoms with Gasteiger partial charge in [-0.15, -0.1) is 23.5 Å². The second-order valence-corrected chi connectivity index (χ2v) is 7.41. The number of hydrogen-bond acceptors (Lipinski definition) is 6. The van der Waals surface area contributed by atoms with Gasteiger partial charge in [0.25, 0.3) is 0 Å². The van der Waals surface area contributed by atoms with Crippen molar-refractivity contribution in [3.63, 3.8) is 0 Å². The molecule has 24 heavy (non-hydrogen) atoms. The lowest BCUT2D eigenvalue weighted by molar-refractivity contribution is -0.147. The second-order valence-electron chi connectivity index (χ2n) is 5.28. The molecule has 1 fully saturated rings. The van der Waals surface area contributed by atoms with Crippen molar-refractivity contribution < 1.29 is 24.6 Å². The zero-order chi connectivity index (χ0) is 17.4. The molecule has 0 aliphatic carbocycles. The van der Waals surface area contributed by atoms with Gasteiger partial charge in [0.1, 0.15) is 17.1 Å². The van der Waals surface area contributed by atoms with E-state index >= 15 is 0 Å².